The van der Waals surface area contributed by atoms with Gasteiger partial charge in [0.15, 0.2) is 11.6 Å². The first-order valence-corrected chi connectivity index (χ1v) is 16.2. The minimum atomic E-state index is -2.61. The summed E-state index contributed by atoms with van der Waals surface area (Å²) in [6.07, 6.45) is 1.03. The molecule has 244 valence electrons. The summed E-state index contributed by atoms with van der Waals surface area (Å²) >= 11 is 7.81. The van der Waals surface area contributed by atoms with Crippen LogP contribution in [0.2, 0.25) is 5.02 Å². The highest BCUT2D eigenvalue weighted by Crippen LogP contribution is 2.51. The Labute approximate surface area is 276 Å². The third kappa shape index (κ3) is 5.05. The van der Waals surface area contributed by atoms with Gasteiger partial charge in [-0.25, -0.2) is 17.6 Å². The number of ether oxygens (including phenoxy) is 2. The molecule has 5 heterocycles. The molecule has 0 bridgehead atoms. The van der Waals surface area contributed by atoms with Crippen LogP contribution in [0.1, 0.15) is 31.2 Å². The third-order valence-corrected chi connectivity index (χ3v) is 10.7. The summed E-state index contributed by atoms with van der Waals surface area (Å²) in [4.78, 5) is 13.1. The van der Waals surface area contributed by atoms with E-state index in [1.54, 1.807) is 4.90 Å². The predicted octanol–water partition coefficient (Wildman–Crippen LogP) is 7.48. The minimum Gasteiger partial charge on any atom is -0.489 e. The van der Waals surface area contributed by atoms with Gasteiger partial charge in [0.1, 0.15) is 41.4 Å². The van der Waals surface area contributed by atoms with Crippen molar-refractivity contribution in [2.75, 3.05) is 43.5 Å². The summed E-state index contributed by atoms with van der Waals surface area (Å²) in [6, 6.07) is 3.67. The van der Waals surface area contributed by atoms with Gasteiger partial charge in [-0.15, -0.1) is 17.9 Å². The summed E-state index contributed by atoms with van der Waals surface area (Å²) < 4.78 is 71.6. The third-order valence-electron chi connectivity index (χ3n) is 9.28. The van der Waals surface area contributed by atoms with Crippen molar-refractivity contribution in [2.45, 2.75) is 43.7 Å². The summed E-state index contributed by atoms with van der Waals surface area (Å²) in [5.41, 5.74) is 6.53. The number of alkyl halides is 2. The number of aromatic nitrogens is 2. The maximum atomic E-state index is 17.1. The van der Waals surface area contributed by atoms with Gasteiger partial charge in [-0.05, 0) is 37.4 Å². The molecule has 0 amide bonds. The second kappa shape index (κ2) is 11.8. The van der Waals surface area contributed by atoms with Crippen LogP contribution >= 0.6 is 22.9 Å². The zero-order valence-electron chi connectivity index (χ0n) is 25.1. The minimum absolute atomic E-state index is 0.0119. The van der Waals surface area contributed by atoms with Gasteiger partial charge in [0.2, 0.25) is 6.43 Å². The standard InChI is InChI=1S/C33H29ClF4N6O2S/c1-3-17-14-45-28-24-27(26(38)23(25(28)34)18-5-6-20(35)29-22(18)19(12-39)30(40)47-29)41-32(42-31(24)44(17)10-7-21(36)37)46-15-33-8-4-9-43(33)13-16(2)11-33/h3,5-6,17,21H,1-2,4,7-11,13-15,40H2/t17-,33-/m0/s1. The highest BCUT2D eigenvalue weighted by atomic mass is 35.5. The van der Waals surface area contributed by atoms with Gasteiger partial charge in [0.25, 0.3) is 0 Å². The number of nitriles is 1. The van der Waals surface area contributed by atoms with Crippen molar-refractivity contribution in [1.29, 1.82) is 5.26 Å². The Morgan fingerprint density at radius 2 is 2.11 bits per heavy atom. The molecule has 0 unspecified atom stereocenters. The fourth-order valence-electron chi connectivity index (χ4n) is 7.15. The molecule has 2 saturated heterocycles. The van der Waals surface area contributed by atoms with Crippen LogP contribution in [0.3, 0.4) is 0 Å². The molecule has 14 heteroatoms. The molecular formula is C33H29ClF4N6O2S. The van der Waals surface area contributed by atoms with E-state index in [9.17, 15) is 18.4 Å². The Hall–Kier alpha value is -4.12. The number of thiophene rings is 1. The van der Waals surface area contributed by atoms with E-state index < -0.39 is 30.5 Å². The van der Waals surface area contributed by atoms with Gasteiger partial charge in [-0.3, -0.25) is 4.90 Å². The lowest BCUT2D eigenvalue weighted by molar-refractivity contribution is 0.108. The van der Waals surface area contributed by atoms with Crippen LogP contribution in [0.4, 0.5) is 28.4 Å². The van der Waals surface area contributed by atoms with Crippen molar-refractivity contribution in [3.63, 3.8) is 0 Å². The van der Waals surface area contributed by atoms with E-state index in [0.29, 0.717) is 0 Å². The van der Waals surface area contributed by atoms with E-state index in [0.717, 1.165) is 55.3 Å². The zero-order valence-corrected chi connectivity index (χ0v) is 26.7. The van der Waals surface area contributed by atoms with Crippen LogP contribution in [-0.2, 0) is 0 Å². The van der Waals surface area contributed by atoms with E-state index >= 15 is 4.39 Å². The number of hydrogen-bond donors (Lipinski definition) is 1. The second-order valence-electron chi connectivity index (χ2n) is 12.1. The number of halogens is 5. The van der Waals surface area contributed by atoms with E-state index in [-0.39, 0.29) is 90.6 Å². The molecule has 2 aromatic heterocycles. The average molecular weight is 685 g/mol. The van der Waals surface area contributed by atoms with Crippen LogP contribution in [0.25, 0.3) is 32.1 Å². The molecule has 2 atom stereocenters. The molecule has 0 aliphatic carbocycles. The van der Waals surface area contributed by atoms with Crippen molar-refractivity contribution in [2.24, 2.45) is 0 Å². The van der Waals surface area contributed by atoms with Crippen LogP contribution in [0.15, 0.2) is 36.9 Å². The first-order valence-electron chi connectivity index (χ1n) is 15.0. The largest absolute Gasteiger partial charge is 0.489 e. The highest BCUT2D eigenvalue weighted by molar-refractivity contribution is 7.23. The SMILES string of the molecule is C=C[C@H]1COc2c(Cl)c(-c3ccc(F)c4sc(N)c(C#N)c34)c(F)c3nc(OC[C@@]45CCCN4CC(=C)C5)nc(c23)N1CCC(F)F. The van der Waals surface area contributed by atoms with Gasteiger partial charge in [0.05, 0.1) is 32.3 Å². The molecule has 0 radical (unpaired) electrons. The molecule has 47 heavy (non-hydrogen) atoms. The van der Waals surface area contributed by atoms with E-state index in [1.807, 2.05) is 6.07 Å². The Morgan fingerprint density at radius 1 is 1.30 bits per heavy atom. The summed E-state index contributed by atoms with van der Waals surface area (Å²) in [5, 5.41) is 9.95. The Kier molecular flexibility index (Phi) is 7.93. The second-order valence-corrected chi connectivity index (χ2v) is 13.5. The van der Waals surface area contributed by atoms with E-state index in [2.05, 4.69) is 28.0 Å². The number of fused-ring (bicyclic) bond motifs is 2. The molecule has 8 nitrogen and oxygen atoms in total. The van der Waals surface area contributed by atoms with Crippen molar-refractivity contribution in [3.8, 4) is 29.0 Å². The lowest BCUT2D eigenvalue weighted by Gasteiger charge is -2.31. The van der Waals surface area contributed by atoms with Crippen LogP contribution in [-0.4, -0.2) is 65.7 Å². The predicted molar refractivity (Wildman–Crippen MR) is 175 cm³/mol. The number of hydrogen-bond acceptors (Lipinski definition) is 9. The Balaban J connectivity index is 1.47. The molecule has 4 aromatic rings. The van der Waals surface area contributed by atoms with Crippen LogP contribution < -0.4 is 20.1 Å². The molecular weight excluding hydrogens is 656 g/mol. The van der Waals surface area contributed by atoms with Gasteiger partial charge in [-0.2, -0.15) is 15.2 Å². The highest BCUT2D eigenvalue weighted by Gasteiger charge is 2.46. The molecule has 3 aliphatic rings. The molecule has 0 saturated carbocycles. The summed E-state index contributed by atoms with van der Waals surface area (Å²) in [5.74, 6) is -1.42. The average Bonchev–Trinajstić information content (AvgIpc) is 3.65. The number of benzene rings is 2. The molecule has 2 fully saturated rings. The van der Waals surface area contributed by atoms with E-state index in [1.165, 1.54) is 12.1 Å². The van der Waals surface area contributed by atoms with Crippen molar-refractivity contribution in [1.82, 2.24) is 14.9 Å². The molecule has 0 spiro atoms. The Bertz CT molecular complexity index is 2020. The smallest absolute Gasteiger partial charge is 0.319 e. The van der Waals surface area contributed by atoms with Crippen molar-refractivity contribution < 1.29 is 27.0 Å². The summed E-state index contributed by atoms with van der Waals surface area (Å²) in [7, 11) is 0. The zero-order chi connectivity index (χ0) is 33.2. The maximum absolute atomic E-state index is 17.1. The van der Waals surface area contributed by atoms with Crippen LogP contribution in [0.5, 0.6) is 11.8 Å². The first-order chi connectivity index (χ1) is 22.6. The van der Waals surface area contributed by atoms with E-state index in [4.69, 9.17) is 26.8 Å². The lowest BCUT2D eigenvalue weighted by Crippen LogP contribution is -2.43. The number of anilines is 2. The topological polar surface area (TPSA) is 101 Å². The normalized spacial score (nSPS) is 20.9. The first kappa shape index (κ1) is 31.5. The maximum Gasteiger partial charge on any atom is 0.319 e. The number of nitrogens with two attached hydrogens (primary N) is 1. The van der Waals surface area contributed by atoms with Gasteiger partial charge >= 0.3 is 6.01 Å². The molecule has 7 rings (SSSR count). The van der Waals surface area contributed by atoms with Gasteiger partial charge < -0.3 is 20.1 Å². The number of nitrogens with zero attached hydrogens (tertiary/aromatic N) is 5. The molecule has 2 aromatic carbocycles. The Morgan fingerprint density at radius 3 is 2.85 bits per heavy atom. The lowest BCUT2D eigenvalue weighted by atomic mass is 9.94. The van der Waals surface area contributed by atoms with Crippen molar-refractivity contribution >= 4 is 54.7 Å². The quantitative estimate of drug-likeness (QED) is 0.151. The number of nitrogen functional groups attached to an aromatic ring is 1. The fraction of sp³-hybridized carbons (Fsp3) is 0.364. The van der Waals surface area contributed by atoms with Crippen molar-refractivity contribution in [3.05, 3.63) is 59.2 Å². The number of rotatable bonds is 8. The fourth-order valence-corrected chi connectivity index (χ4v) is 8.44. The van der Waals surface area contributed by atoms with Crippen LogP contribution in [0, 0.1) is 23.0 Å². The van der Waals surface area contributed by atoms with Gasteiger partial charge in [0, 0.05) is 30.5 Å². The molecule has 2 N–H and O–H groups in total. The molecule has 3 aliphatic heterocycles. The summed E-state index contributed by atoms with van der Waals surface area (Å²) in [6.45, 7) is 9.67. The monoisotopic (exact) mass is 684 g/mol. The van der Waals surface area contributed by atoms with Gasteiger partial charge in [-0.1, -0.05) is 35.9 Å².